The summed E-state index contributed by atoms with van der Waals surface area (Å²) in [6, 6.07) is 14.6. The van der Waals surface area contributed by atoms with Crippen molar-refractivity contribution in [1.29, 1.82) is 0 Å². The molecule has 1 N–H and O–H groups in total. The van der Waals surface area contributed by atoms with E-state index in [2.05, 4.69) is 78.3 Å². The average Bonchev–Trinajstić information content (AvgIpc) is 3.34. The van der Waals surface area contributed by atoms with Crippen molar-refractivity contribution in [3.05, 3.63) is 75.9 Å². The Morgan fingerprint density at radius 1 is 1.13 bits per heavy atom. The molecule has 0 radical (unpaired) electrons. The Balaban J connectivity index is 1.65. The molecule has 0 spiro atoms. The van der Waals surface area contributed by atoms with E-state index in [1.54, 1.807) is 0 Å². The van der Waals surface area contributed by atoms with Gasteiger partial charge in [0.25, 0.3) is 0 Å². The molecule has 0 fully saturated rings. The number of likely N-dealkylation sites (N-methyl/N-ethyl adjacent to an activating group) is 1. The highest BCUT2D eigenvalue weighted by molar-refractivity contribution is 7.15. The number of thiophene rings is 1. The summed E-state index contributed by atoms with van der Waals surface area (Å²) in [6.45, 7) is 7.63. The van der Waals surface area contributed by atoms with Gasteiger partial charge in [-0.15, -0.1) is 11.3 Å². The second-order valence-electron chi connectivity index (χ2n) is 9.10. The van der Waals surface area contributed by atoms with Crippen LogP contribution in [0.25, 0.3) is 5.00 Å². The molecule has 1 unspecified atom stereocenters. The van der Waals surface area contributed by atoms with Crippen molar-refractivity contribution in [1.82, 2.24) is 19.7 Å². The minimum absolute atomic E-state index is 0.0102. The van der Waals surface area contributed by atoms with Crippen molar-refractivity contribution in [2.24, 2.45) is 5.92 Å². The molecule has 5 nitrogen and oxygen atoms in total. The second kappa shape index (κ2) is 8.17. The Hall–Kier alpha value is -2.57. The third-order valence-corrected chi connectivity index (χ3v) is 7.55. The lowest BCUT2D eigenvalue weighted by molar-refractivity contribution is 0.179. The van der Waals surface area contributed by atoms with Crippen molar-refractivity contribution in [3.63, 3.8) is 0 Å². The molecule has 2 aliphatic heterocycles. The molecule has 0 saturated heterocycles. The van der Waals surface area contributed by atoms with Crippen LogP contribution in [0, 0.1) is 5.92 Å². The molecule has 162 valence electrons. The van der Waals surface area contributed by atoms with Gasteiger partial charge in [0.05, 0.1) is 18.3 Å². The van der Waals surface area contributed by atoms with Gasteiger partial charge in [-0.25, -0.2) is 4.79 Å². The predicted octanol–water partition coefficient (Wildman–Crippen LogP) is 4.80. The van der Waals surface area contributed by atoms with Gasteiger partial charge in [-0.2, -0.15) is 0 Å². The minimum atomic E-state index is -0.120. The first-order valence-electron chi connectivity index (χ1n) is 11.1. The molecule has 2 aliphatic rings. The summed E-state index contributed by atoms with van der Waals surface area (Å²) in [5.74, 6) is 0.412. The smallest absolute Gasteiger partial charge is 0.318 e. The van der Waals surface area contributed by atoms with E-state index in [4.69, 9.17) is 0 Å². The first kappa shape index (κ1) is 20.3. The number of nitrogens with zero attached hydrogens (tertiary/aromatic N) is 3. The Morgan fingerprint density at radius 3 is 2.71 bits per heavy atom. The number of carbonyl (C=O) groups excluding carboxylic acids is 1. The van der Waals surface area contributed by atoms with Gasteiger partial charge in [0.1, 0.15) is 5.00 Å². The Kier molecular flexibility index (Phi) is 5.36. The van der Waals surface area contributed by atoms with Gasteiger partial charge in [-0.05, 0) is 42.6 Å². The SMILES string of the molecule is CC(C)CNC(=O)N1Cc2c(sc3c2CCN(C)C3)-n2cccc2C1c1ccccc1. The van der Waals surface area contributed by atoms with Crippen LogP contribution in [0.2, 0.25) is 0 Å². The number of nitrogens with one attached hydrogen (secondary N) is 1. The monoisotopic (exact) mass is 434 g/mol. The molecule has 5 rings (SSSR count). The van der Waals surface area contributed by atoms with Gasteiger partial charge >= 0.3 is 6.03 Å². The highest BCUT2D eigenvalue weighted by atomic mass is 32.1. The largest absolute Gasteiger partial charge is 0.338 e. The second-order valence-corrected chi connectivity index (χ2v) is 10.2. The quantitative estimate of drug-likeness (QED) is 0.643. The Morgan fingerprint density at radius 2 is 1.94 bits per heavy atom. The highest BCUT2D eigenvalue weighted by Crippen LogP contribution is 2.43. The lowest BCUT2D eigenvalue weighted by Gasteiger charge is -2.32. The number of aromatic nitrogens is 1. The number of rotatable bonds is 3. The van der Waals surface area contributed by atoms with Gasteiger partial charge in [-0.3, -0.25) is 0 Å². The number of carbonyl (C=O) groups is 1. The zero-order valence-electron chi connectivity index (χ0n) is 18.5. The van der Waals surface area contributed by atoms with Gasteiger partial charge in [-0.1, -0.05) is 44.2 Å². The molecular formula is C25H30N4OS. The maximum Gasteiger partial charge on any atom is 0.318 e. The normalized spacial score (nSPS) is 18.3. The number of hydrogen-bond donors (Lipinski definition) is 1. The van der Waals surface area contributed by atoms with Crippen LogP contribution in [-0.2, 0) is 19.5 Å². The molecule has 1 atom stereocenters. The van der Waals surface area contributed by atoms with Crippen LogP contribution in [-0.4, -0.2) is 40.5 Å². The summed E-state index contributed by atoms with van der Waals surface area (Å²) in [6.07, 6.45) is 3.21. The van der Waals surface area contributed by atoms with E-state index in [1.165, 1.54) is 21.0 Å². The molecular weight excluding hydrogens is 404 g/mol. The first-order chi connectivity index (χ1) is 15.0. The standard InChI is InChI=1S/C25H30N4OS/c1-17(2)14-26-25(30)29-15-20-19-11-13-27(3)16-22(19)31-24(20)28-12-7-10-21(28)23(29)18-8-5-4-6-9-18/h4-10,12,17,23H,11,13-16H2,1-3H3,(H,26,30). The molecule has 31 heavy (non-hydrogen) atoms. The molecule has 0 bridgehead atoms. The molecule has 3 aromatic rings. The summed E-state index contributed by atoms with van der Waals surface area (Å²) < 4.78 is 2.33. The van der Waals surface area contributed by atoms with Gasteiger partial charge in [0, 0.05) is 36.3 Å². The fourth-order valence-corrected chi connectivity index (χ4v) is 6.17. The molecule has 1 aromatic carbocycles. The van der Waals surface area contributed by atoms with Crippen molar-refractivity contribution >= 4 is 17.4 Å². The van der Waals surface area contributed by atoms with E-state index in [9.17, 15) is 4.79 Å². The van der Waals surface area contributed by atoms with Crippen LogP contribution in [0.1, 0.15) is 47.2 Å². The van der Waals surface area contributed by atoms with E-state index in [1.807, 2.05) is 22.3 Å². The van der Waals surface area contributed by atoms with Crippen molar-refractivity contribution < 1.29 is 4.79 Å². The summed E-state index contributed by atoms with van der Waals surface area (Å²) >= 11 is 1.89. The van der Waals surface area contributed by atoms with Crippen molar-refractivity contribution in [3.8, 4) is 5.00 Å². The summed E-state index contributed by atoms with van der Waals surface area (Å²) in [4.78, 5) is 19.4. The number of amides is 2. The van der Waals surface area contributed by atoms with E-state index >= 15 is 0 Å². The van der Waals surface area contributed by atoms with Crippen LogP contribution in [0.15, 0.2) is 48.7 Å². The van der Waals surface area contributed by atoms with Gasteiger partial charge in [0.15, 0.2) is 0 Å². The fraction of sp³-hybridized carbons (Fsp3) is 0.400. The maximum atomic E-state index is 13.5. The fourth-order valence-electron chi connectivity index (χ4n) is 4.73. The van der Waals surface area contributed by atoms with Crippen molar-refractivity contribution in [2.75, 3.05) is 20.1 Å². The van der Waals surface area contributed by atoms with Crippen LogP contribution < -0.4 is 5.32 Å². The minimum Gasteiger partial charge on any atom is -0.338 e. The lowest BCUT2D eigenvalue weighted by Crippen LogP contribution is -2.43. The molecule has 2 amide bonds. The van der Waals surface area contributed by atoms with Gasteiger partial charge < -0.3 is 19.7 Å². The summed E-state index contributed by atoms with van der Waals surface area (Å²) in [5, 5.41) is 4.46. The number of urea groups is 1. The van der Waals surface area contributed by atoms with Crippen LogP contribution in [0.5, 0.6) is 0 Å². The van der Waals surface area contributed by atoms with E-state index < -0.39 is 0 Å². The zero-order chi connectivity index (χ0) is 21.5. The number of fused-ring (bicyclic) bond motifs is 5. The predicted molar refractivity (Wildman–Crippen MR) is 126 cm³/mol. The third kappa shape index (κ3) is 3.68. The van der Waals surface area contributed by atoms with E-state index in [0.717, 1.165) is 30.8 Å². The maximum absolute atomic E-state index is 13.5. The van der Waals surface area contributed by atoms with E-state index in [-0.39, 0.29) is 12.1 Å². The van der Waals surface area contributed by atoms with Crippen LogP contribution in [0.4, 0.5) is 4.79 Å². The Bertz CT molecular complexity index is 1080. The molecule has 0 aliphatic carbocycles. The Labute approximate surface area is 188 Å². The molecule has 4 heterocycles. The third-order valence-electron chi connectivity index (χ3n) is 6.29. The molecule has 0 saturated carbocycles. The van der Waals surface area contributed by atoms with Crippen molar-refractivity contribution in [2.45, 2.75) is 39.4 Å². The molecule has 6 heteroatoms. The summed E-state index contributed by atoms with van der Waals surface area (Å²) in [7, 11) is 2.19. The lowest BCUT2D eigenvalue weighted by atomic mass is 10.0. The summed E-state index contributed by atoms with van der Waals surface area (Å²) in [5.41, 5.74) is 5.07. The molecule has 2 aromatic heterocycles. The van der Waals surface area contributed by atoms with E-state index in [0.29, 0.717) is 19.0 Å². The topological polar surface area (TPSA) is 40.5 Å². The number of hydrogen-bond acceptors (Lipinski definition) is 3. The zero-order valence-corrected chi connectivity index (χ0v) is 19.3. The first-order valence-corrected chi connectivity index (χ1v) is 11.9. The van der Waals surface area contributed by atoms with Crippen LogP contribution >= 0.6 is 11.3 Å². The number of benzene rings is 1. The van der Waals surface area contributed by atoms with Crippen LogP contribution in [0.3, 0.4) is 0 Å². The van der Waals surface area contributed by atoms with Gasteiger partial charge in [0.2, 0.25) is 0 Å². The average molecular weight is 435 g/mol. The highest BCUT2D eigenvalue weighted by Gasteiger charge is 2.36.